The fraction of sp³-hybridized carbons (Fsp3) is 0.929. The van der Waals surface area contributed by atoms with Gasteiger partial charge < -0.3 is 14.4 Å². The van der Waals surface area contributed by atoms with Crippen LogP contribution in [-0.2, 0) is 14.3 Å². The summed E-state index contributed by atoms with van der Waals surface area (Å²) in [6, 6.07) is 0. The van der Waals surface area contributed by atoms with Gasteiger partial charge in [0.15, 0.2) is 0 Å². The highest BCUT2D eigenvalue weighted by atomic mass is 19.3. The number of methoxy groups -OCH3 is 1. The van der Waals surface area contributed by atoms with E-state index in [9.17, 15) is 13.6 Å². The van der Waals surface area contributed by atoms with Crippen LogP contribution in [0.5, 0.6) is 0 Å². The first kappa shape index (κ1) is 14.2. The molecule has 0 radical (unpaired) electrons. The maximum Gasteiger partial charge on any atom is 0.249 e. The van der Waals surface area contributed by atoms with Crippen molar-refractivity contribution < 1.29 is 23.0 Å². The molecule has 0 unspecified atom stereocenters. The summed E-state index contributed by atoms with van der Waals surface area (Å²) < 4.78 is 36.8. The molecule has 0 bridgehead atoms. The maximum atomic E-state index is 12.8. The minimum atomic E-state index is -2.63. The Morgan fingerprint density at radius 2 is 1.90 bits per heavy atom. The first-order valence-electron chi connectivity index (χ1n) is 7.26. The molecule has 3 fully saturated rings. The second kappa shape index (κ2) is 4.91. The van der Waals surface area contributed by atoms with E-state index in [1.807, 2.05) is 0 Å². The van der Waals surface area contributed by atoms with Crippen molar-refractivity contribution >= 4 is 5.91 Å². The Hall–Kier alpha value is -0.750. The molecule has 0 aromatic carbocycles. The monoisotopic (exact) mass is 289 g/mol. The van der Waals surface area contributed by atoms with Crippen LogP contribution in [0.4, 0.5) is 8.78 Å². The van der Waals surface area contributed by atoms with Crippen LogP contribution in [0.2, 0.25) is 0 Å². The van der Waals surface area contributed by atoms with Gasteiger partial charge >= 0.3 is 0 Å². The number of likely N-dealkylation sites (tertiary alicyclic amines) is 1. The van der Waals surface area contributed by atoms with Crippen molar-refractivity contribution in [1.29, 1.82) is 0 Å². The van der Waals surface area contributed by atoms with Crippen LogP contribution in [0.15, 0.2) is 0 Å². The molecule has 0 aromatic heterocycles. The van der Waals surface area contributed by atoms with Crippen LogP contribution >= 0.6 is 0 Å². The molecule has 1 amide bonds. The first-order valence-corrected chi connectivity index (χ1v) is 7.26. The van der Waals surface area contributed by atoms with Gasteiger partial charge in [0.2, 0.25) is 11.8 Å². The van der Waals surface area contributed by atoms with Crippen molar-refractivity contribution in [3.63, 3.8) is 0 Å². The number of carbonyl (C=O) groups excluding carboxylic acids is 1. The molecule has 1 saturated carbocycles. The number of nitrogens with zero attached hydrogens (tertiary/aromatic N) is 1. The van der Waals surface area contributed by atoms with E-state index in [4.69, 9.17) is 9.47 Å². The number of hydrogen-bond acceptors (Lipinski definition) is 3. The van der Waals surface area contributed by atoms with Gasteiger partial charge in [-0.3, -0.25) is 4.79 Å². The minimum Gasteiger partial charge on any atom is -0.379 e. The highest BCUT2D eigenvalue weighted by Gasteiger charge is 2.51. The van der Waals surface area contributed by atoms with Crippen LogP contribution in [0.25, 0.3) is 0 Å². The number of rotatable bonds is 2. The van der Waals surface area contributed by atoms with E-state index in [0.29, 0.717) is 19.7 Å². The average molecular weight is 289 g/mol. The van der Waals surface area contributed by atoms with Gasteiger partial charge in [-0.15, -0.1) is 0 Å². The molecule has 0 aromatic rings. The van der Waals surface area contributed by atoms with Crippen LogP contribution < -0.4 is 0 Å². The predicted octanol–water partition coefficient (Wildman–Crippen LogP) is 1.83. The zero-order chi connectivity index (χ0) is 14.4. The number of carbonyl (C=O) groups is 1. The molecule has 1 spiro atoms. The molecule has 2 saturated heterocycles. The fourth-order valence-electron chi connectivity index (χ4n) is 3.53. The summed E-state index contributed by atoms with van der Waals surface area (Å²) in [7, 11) is 1.68. The summed E-state index contributed by atoms with van der Waals surface area (Å²) >= 11 is 0. The number of amides is 1. The van der Waals surface area contributed by atoms with E-state index in [1.165, 1.54) is 0 Å². The molecule has 3 aliphatic rings. The Balaban J connectivity index is 1.50. The number of ether oxygens (including phenoxy) is 2. The zero-order valence-electron chi connectivity index (χ0n) is 11.7. The smallest absolute Gasteiger partial charge is 0.249 e. The van der Waals surface area contributed by atoms with E-state index in [2.05, 4.69) is 0 Å². The molecule has 20 heavy (non-hydrogen) atoms. The van der Waals surface area contributed by atoms with Gasteiger partial charge in [0, 0.05) is 45.4 Å². The van der Waals surface area contributed by atoms with Crippen molar-refractivity contribution in [3.05, 3.63) is 0 Å². The Kier molecular flexibility index (Phi) is 3.49. The van der Waals surface area contributed by atoms with Gasteiger partial charge in [0.05, 0.1) is 18.3 Å². The number of halogens is 2. The maximum absolute atomic E-state index is 12.8. The third kappa shape index (κ3) is 2.55. The molecule has 0 N–H and O–H groups in total. The van der Waals surface area contributed by atoms with E-state index < -0.39 is 11.8 Å². The van der Waals surface area contributed by atoms with E-state index in [1.54, 1.807) is 12.0 Å². The molecular weight excluding hydrogens is 268 g/mol. The van der Waals surface area contributed by atoms with Gasteiger partial charge in [-0.25, -0.2) is 8.78 Å². The van der Waals surface area contributed by atoms with E-state index in [-0.39, 0.29) is 30.5 Å². The van der Waals surface area contributed by atoms with Crippen LogP contribution in [-0.4, -0.2) is 55.2 Å². The van der Waals surface area contributed by atoms with Crippen molar-refractivity contribution in [2.24, 2.45) is 5.92 Å². The summed E-state index contributed by atoms with van der Waals surface area (Å²) in [4.78, 5) is 13.8. The Bertz CT molecular complexity index is 386. The molecule has 2 heterocycles. The second-order valence-electron chi connectivity index (χ2n) is 6.34. The number of piperidine rings is 1. The number of hydrogen-bond donors (Lipinski definition) is 0. The highest BCUT2D eigenvalue weighted by molar-refractivity contribution is 5.80. The summed E-state index contributed by atoms with van der Waals surface area (Å²) in [5, 5.41) is 0. The standard InChI is InChI=1S/C14H21F2NO3/c1-19-11-8-13(20-9-11)2-4-17(5-3-13)12(18)10-6-14(15,16)7-10/h10-11H,2-9H2,1H3/t11-/m1/s1. The highest BCUT2D eigenvalue weighted by Crippen LogP contribution is 2.44. The summed E-state index contributed by atoms with van der Waals surface area (Å²) in [6.45, 7) is 1.83. The molecule has 3 rings (SSSR count). The van der Waals surface area contributed by atoms with E-state index in [0.717, 1.165) is 19.3 Å². The van der Waals surface area contributed by atoms with Crippen molar-refractivity contribution in [1.82, 2.24) is 4.90 Å². The lowest BCUT2D eigenvalue weighted by Gasteiger charge is -2.42. The lowest BCUT2D eigenvalue weighted by molar-refractivity contribution is -0.163. The molecule has 4 nitrogen and oxygen atoms in total. The SMILES string of the molecule is CO[C@H]1COC2(CCN(C(=O)C3CC(F)(F)C3)CC2)C1. The van der Waals surface area contributed by atoms with E-state index >= 15 is 0 Å². The Morgan fingerprint density at radius 3 is 2.40 bits per heavy atom. The molecular formula is C14H21F2NO3. The topological polar surface area (TPSA) is 38.8 Å². The van der Waals surface area contributed by atoms with Crippen LogP contribution in [0.1, 0.15) is 32.1 Å². The fourth-order valence-corrected chi connectivity index (χ4v) is 3.53. The Labute approximate surface area is 117 Å². The predicted molar refractivity (Wildman–Crippen MR) is 67.6 cm³/mol. The van der Waals surface area contributed by atoms with Gasteiger partial charge in [-0.2, -0.15) is 0 Å². The largest absolute Gasteiger partial charge is 0.379 e. The third-order valence-electron chi connectivity index (χ3n) is 4.93. The van der Waals surface area contributed by atoms with Crippen molar-refractivity contribution in [2.45, 2.75) is 49.7 Å². The lowest BCUT2D eigenvalue weighted by atomic mass is 9.79. The normalized spacial score (nSPS) is 32.4. The minimum absolute atomic E-state index is 0.105. The van der Waals surface area contributed by atoms with Gasteiger partial charge in [0.25, 0.3) is 0 Å². The summed E-state index contributed by atoms with van der Waals surface area (Å²) in [5.74, 6) is -3.21. The molecule has 2 aliphatic heterocycles. The molecule has 114 valence electrons. The molecule has 1 atom stereocenters. The van der Waals surface area contributed by atoms with Gasteiger partial charge in [-0.1, -0.05) is 0 Å². The molecule has 1 aliphatic carbocycles. The van der Waals surface area contributed by atoms with Crippen molar-refractivity contribution in [2.75, 3.05) is 26.8 Å². The van der Waals surface area contributed by atoms with Crippen LogP contribution in [0, 0.1) is 5.92 Å². The zero-order valence-corrected chi connectivity index (χ0v) is 11.7. The summed E-state index contributed by atoms with van der Waals surface area (Å²) in [6.07, 6.45) is 2.00. The van der Waals surface area contributed by atoms with Gasteiger partial charge in [-0.05, 0) is 12.8 Å². The first-order chi connectivity index (χ1) is 9.43. The van der Waals surface area contributed by atoms with Crippen LogP contribution in [0.3, 0.4) is 0 Å². The lowest BCUT2D eigenvalue weighted by Crippen LogP contribution is -2.52. The average Bonchev–Trinajstić information content (AvgIpc) is 2.79. The Morgan fingerprint density at radius 1 is 1.25 bits per heavy atom. The number of alkyl halides is 2. The second-order valence-corrected chi connectivity index (χ2v) is 6.34. The third-order valence-corrected chi connectivity index (χ3v) is 4.93. The quantitative estimate of drug-likeness (QED) is 0.778. The van der Waals surface area contributed by atoms with Crippen molar-refractivity contribution in [3.8, 4) is 0 Å². The molecule has 6 heteroatoms. The van der Waals surface area contributed by atoms with Gasteiger partial charge in [0.1, 0.15) is 0 Å². The summed E-state index contributed by atoms with van der Waals surface area (Å²) in [5.41, 5.74) is -0.166.